The van der Waals surface area contributed by atoms with Gasteiger partial charge in [0.1, 0.15) is 0 Å². The Morgan fingerprint density at radius 2 is 1.65 bits per heavy atom. The number of rotatable bonds is 2. The second-order valence-corrected chi connectivity index (χ2v) is 7.06. The van der Waals surface area contributed by atoms with Gasteiger partial charge in [0.05, 0.1) is 4.90 Å². The summed E-state index contributed by atoms with van der Waals surface area (Å²) >= 11 is 6.15. The van der Waals surface area contributed by atoms with Crippen LogP contribution in [0.3, 0.4) is 0 Å². The molecule has 1 aliphatic heterocycles. The van der Waals surface area contributed by atoms with E-state index in [2.05, 4.69) is 5.32 Å². The molecular formula is C14H15ClN2O2S. The smallest absolute Gasteiger partial charge is 0.243 e. The Morgan fingerprint density at radius 3 is 2.35 bits per heavy atom. The van der Waals surface area contributed by atoms with Crippen molar-refractivity contribution in [2.24, 2.45) is 0 Å². The van der Waals surface area contributed by atoms with Gasteiger partial charge < -0.3 is 5.32 Å². The highest BCUT2D eigenvalue weighted by molar-refractivity contribution is 7.89. The van der Waals surface area contributed by atoms with Gasteiger partial charge in [-0.3, -0.25) is 0 Å². The number of halogens is 1. The van der Waals surface area contributed by atoms with Crippen LogP contribution in [0.1, 0.15) is 0 Å². The zero-order chi connectivity index (χ0) is 14.2. The molecule has 6 heteroatoms. The van der Waals surface area contributed by atoms with Gasteiger partial charge >= 0.3 is 0 Å². The number of fused-ring (bicyclic) bond motifs is 1. The lowest BCUT2D eigenvalue weighted by Crippen LogP contribution is -2.46. The molecule has 0 radical (unpaired) electrons. The van der Waals surface area contributed by atoms with E-state index < -0.39 is 10.0 Å². The van der Waals surface area contributed by atoms with Gasteiger partial charge in [0.25, 0.3) is 0 Å². The van der Waals surface area contributed by atoms with Crippen molar-refractivity contribution < 1.29 is 8.42 Å². The van der Waals surface area contributed by atoms with E-state index in [1.54, 1.807) is 18.2 Å². The molecule has 0 unspecified atom stereocenters. The first kappa shape index (κ1) is 13.8. The average Bonchev–Trinajstić information content (AvgIpc) is 2.48. The molecule has 2 aromatic carbocycles. The summed E-state index contributed by atoms with van der Waals surface area (Å²) in [4.78, 5) is 0.333. The molecule has 0 aromatic heterocycles. The molecule has 1 fully saturated rings. The van der Waals surface area contributed by atoms with E-state index in [4.69, 9.17) is 11.6 Å². The van der Waals surface area contributed by atoms with E-state index in [-0.39, 0.29) is 0 Å². The van der Waals surface area contributed by atoms with Crippen LogP contribution < -0.4 is 5.32 Å². The molecule has 0 saturated carbocycles. The molecule has 106 valence electrons. The van der Waals surface area contributed by atoms with Gasteiger partial charge in [0.15, 0.2) is 0 Å². The number of hydrogen-bond donors (Lipinski definition) is 1. The SMILES string of the molecule is O=S(=O)(c1ccc(Cl)c2ccccc12)N1CCNCC1. The maximum Gasteiger partial charge on any atom is 0.243 e. The first-order valence-corrected chi connectivity index (χ1v) is 8.30. The van der Waals surface area contributed by atoms with Crippen LogP contribution in [0.2, 0.25) is 5.02 Å². The average molecular weight is 311 g/mol. The second-order valence-electron chi connectivity index (χ2n) is 4.75. The highest BCUT2D eigenvalue weighted by Gasteiger charge is 2.27. The van der Waals surface area contributed by atoms with Gasteiger partial charge in [-0.15, -0.1) is 0 Å². The number of piperazine rings is 1. The van der Waals surface area contributed by atoms with Crippen LogP contribution in [0, 0.1) is 0 Å². The fraction of sp³-hybridized carbons (Fsp3) is 0.286. The molecule has 1 aliphatic rings. The second kappa shape index (κ2) is 5.33. The number of nitrogens with zero attached hydrogens (tertiary/aromatic N) is 1. The Bertz CT molecular complexity index is 740. The van der Waals surface area contributed by atoms with Crippen molar-refractivity contribution >= 4 is 32.4 Å². The normalized spacial score (nSPS) is 17.4. The van der Waals surface area contributed by atoms with Crippen LogP contribution in [-0.4, -0.2) is 38.9 Å². The molecule has 2 aromatic rings. The molecule has 20 heavy (non-hydrogen) atoms. The molecule has 0 aliphatic carbocycles. The predicted octanol–water partition coefficient (Wildman–Crippen LogP) is 2.09. The van der Waals surface area contributed by atoms with Crippen molar-refractivity contribution in [1.82, 2.24) is 9.62 Å². The molecule has 0 atom stereocenters. The topological polar surface area (TPSA) is 49.4 Å². The lowest BCUT2D eigenvalue weighted by atomic mass is 10.1. The minimum absolute atomic E-state index is 0.333. The third-order valence-corrected chi connectivity index (χ3v) is 5.81. The predicted molar refractivity (Wildman–Crippen MR) is 80.6 cm³/mol. The first-order valence-electron chi connectivity index (χ1n) is 6.49. The summed E-state index contributed by atoms with van der Waals surface area (Å²) in [7, 11) is -3.47. The summed E-state index contributed by atoms with van der Waals surface area (Å²) in [6.07, 6.45) is 0. The maximum absolute atomic E-state index is 12.8. The maximum atomic E-state index is 12.8. The zero-order valence-corrected chi connectivity index (χ0v) is 12.4. The standard InChI is InChI=1S/C14H15ClN2O2S/c15-13-5-6-14(12-4-2-1-3-11(12)13)20(18,19)17-9-7-16-8-10-17/h1-6,16H,7-10H2. The molecular weight excluding hydrogens is 296 g/mol. The minimum Gasteiger partial charge on any atom is -0.314 e. The number of nitrogens with one attached hydrogen (secondary N) is 1. The lowest BCUT2D eigenvalue weighted by molar-refractivity contribution is 0.360. The van der Waals surface area contributed by atoms with Gasteiger partial charge in [0, 0.05) is 42.0 Å². The quantitative estimate of drug-likeness (QED) is 0.924. The summed E-state index contributed by atoms with van der Waals surface area (Å²) in [6, 6.07) is 10.6. The van der Waals surface area contributed by atoms with Crippen LogP contribution in [0.5, 0.6) is 0 Å². The number of benzene rings is 2. The molecule has 0 bridgehead atoms. The molecule has 0 spiro atoms. The van der Waals surface area contributed by atoms with Crippen molar-refractivity contribution in [3.8, 4) is 0 Å². The summed E-state index contributed by atoms with van der Waals surface area (Å²) in [5, 5.41) is 5.17. The van der Waals surface area contributed by atoms with Gasteiger partial charge in [-0.25, -0.2) is 8.42 Å². The van der Waals surface area contributed by atoms with Gasteiger partial charge in [-0.05, 0) is 12.1 Å². The number of sulfonamides is 1. The van der Waals surface area contributed by atoms with E-state index in [0.29, 0.717) is 41.5 Å². The van der Waals surface area contributed by atoms with Crippen molar-refractivity contribution in [3.05, 3.63) is 41.4 Å². The molecule has 1 N–H and O–H groups in total. The van der Waals surface area contributed by atoms with Crippen LogP contribution in [0.25, 0.3) is 10.8 Å². The van der Waals surface area contributed by atoms with Crippen molar-refractivity contribution in [2.75, 3.05) is 26.2 Å². The lowest BCUT2D eigenvalue weighted by Gasteiger charge is -2.27. The Morgan fingerprint density at radius 1 is 1.00 bits per heavy atom. The van der Waals surface area contributed by atoms with E-state index in [9.17, 15) is 8.42 Å². The Kier molecular flexibility index (Phi) is 3.69. The number of hydrogen-bond acceptors (Lipinski definition) is 3. The fourth-order valence-electron chi connectivity index (χ4n) is 2.48. The van der Waals surface area contributed by atoms with Crippen LogP contribution in [0.15, 0.2) is 41.3 Å². The van der Waals surface area contributed by atoms with Crippen molar-refractivity contribution in [2.45, 2.75) is 4.90 Å². The monoisotopic (exact) mass is 310 g/mol. The van der Waals surface area contributed by atoms with Crippen LogP contribution >= 0.6 is 11.6 Å². The summed E-state index contributed by atoms with van der Waals surface area (Å²) in [6.45, 7) is 2.37. The molecule has 4 nitrogen and oxygen atoms in total. The van der Waals surface area contributed by atoms with E-state index in [0.717, 1.165) is 5.39 Å². The Labute approximate surface area is 123 Å². The fourth-order valence-corrected chi connectivity index (χ4v) is 4.35. The van der Waals surface area contributed by atoms with Crippen LogP contribution in [-0.2, 0) is 10.0 Å². The third kappa shape index (κ3) is 2.31. The molecule has 3 rings (SSSR count). The molecule has 1 saturated heterocycles. The largest absolute Gasteiger partial charge is 0.314 e. The first-order chi connectivity index (χ1) is 9.60. The summed E-state index contributed by atoms with van der Waals surface area (Å²) in [5.41, 5.74) is 0. The summed E-state index contributed by atoms with van der Waals surface area (Å²) < 4.78 is 27.1. The van der Waals surface area contributed by atoms with E-state index in [1.165, 1.54) is 4.31 Å². The van der Waals surface area contributed by atoms with E-state index in [1.807, 2.05) is 18.2 Å². The van der Waals surface area contributed by atoms with Gasteiger partial charge in [-0.1, -0.05) is 35.9 Å². The molecule has 0 amide bonds. The van der Waals surface area contributed by atoms with Gasteiger partial charge in [0.2, 0.25) is 10.0 Å². The Balaban J connectivity index is 2.16. The van der Waals surface area contributed by atoms with Gasteiger partial charge in [-0.2, -0.15) is 4.31 Å². The van der Waals surface area contributed by atoms with Crippen molar-refractivity contribution in [1.29, 1.82) is 0 Å². The third-order valence-electron chi connectivity index (χ3n) is 3.52. The highest BCUT2D eigenvalue weighted by Crippen LogP contribution is 2.30. The zero-order valence-electron chi connectivity index (χ0n) is 10.8. The summed E-state index contributed by atoms with van der Waals surface area (Å²) in [5.74, 6) is 0. The minimum atomic E-state index is -3.47. The Hall–Kier alpha value is -1.14. The van der Waals surface area contributed by atoms with E-state index >= 15 is 0 Å². The van der Waals surface area contributed by atoms with Crippen LogP contribution in [0.4, 0.5) is 0 Å². The highest BCUT2D eigenvalue weighted by atomic mass is 35.5. The molecule has 1 heterocycles. The van der Waals surface area contributed by atoms with Crippen molar-refractivity contribution in [3.63, 3.8) is 0 Å².